The number of benzene rings is 1. The molecule has 1 aromatic heterocycles. The largest absolute Gasteiger partial charge is 0.475 e. The fraction of sp³-hybridized carbons (Fsp3) is 0.368. The number of nitrogens with one attached hydrogen (secondary N) is 2. The van der Waals surface area contributed by atoms with Crippen LogP contribution in [0.4, 0.5) is 4.39 Å². The van der Waals surface area contributed by atoms with Gasteiger partial charge in [0.25, 0.3) is 0 Å². The first kappa shape index (κ1) is 19.7. The minimum absolute atomic E-state index is 0.239. The van der Waals surface area contributed by atoms with Crippen LogP contribution in [0.25, 0.3) is 0 Å². The van der Waals surface area contributed by atoms with Crippen molar-refractivity contribution in [2.75, 3.05) is 26.9 Å². The van der Waals surface area contributed by atoms with Crippen molar-refractivity contribution in [3.05, 3.63) is 59.5 Å². The van der Waals surface area contributed by atoms with Gasteiger partial charge in [0.15, 0.2) is 5.96 Å². The highest BCUT2D eigenvalue weighted by atomic mass is 19.1. The molecule has 0 aliphatic heterocycles. The Morgan fingerprint density at radius 2 is 1.85 bits per heavy atom. The highest BCUT2D eigenvalue weighted by Gasteiger charge is 2.01. The molecule has 140 valence electrons. The van der Waals surface area contributed by atoms with Crippen molar-refractivity contribution >= 4 is 5.96 Å². The van der Waals surface area contributed by atoms with Gasteiger partial charge in [0, 0.05) is 32.5 Å². The van der Waals surface area contributed by atoms with Crippen LogP contribution in [0, 0.1) is 5.82 Å². The summed E-state index contributed by atoms with van der Waals surface area (Å²) < 4.78 is 23.3. The van der Waals surface area contributed by atoms with Crippen molar-refractivity contribution in [1.29, 1.82) is 0 Å². The predicted molar refractivity (Wildman–Crippen MR) is 99.7 cm³/mol. The second-order valence-corrected chi connectivity index (χ2v) is 5.52. The van der Waals surface area contributed by atoms with E-state index in [1.165, 1.54) is 12.1 Å². The molecule has 7 heteroatoms. The molecule has 0 radical (unpaired) electrons. The Morgan fingerprint density at radius 1 is 1.08 bits per heavy atom. The van der Waals surface area contributed by atoms with Gasteiger partial charge < -0.3 is 20.1 Å². The highest BCUT2D eigenvalue weighted by Crippen LogP contribution is 2.08. The molecule has 0 aliphatic rings. The number of halogens is 1. The fourth-order valence-electron chi connectivity index (χ4n) is 2.12. The smallest absolute Gasteiger partial charge is 0.213 e. The molecule has 2 rings (SSSR count). The van der Waals surface area contributed by atoms with E-state index in [2.05, 4.69) is 20.6 Å². The van der Waals surface area contributed by atoms with Crippen LogP contribution in [0.3, 0.4) is 0 Å². The van der Waals surface area contributed by atoms with Gasteiger partial charge in [0.1, 0.15) is 12.4 Å². The molecule has 0 saturated carbocycles. The molecule has 1 aromatic carbocycles. The van der Waals surface area contributed by atoms with Crippen molar-refractivity contribution in [2.45, 2.75) is 20.0 Å². The van der Waals surface area contributed by atoms with Gasteiger partial charge in [0.05, 0.1) is 13.2 Å². The molecule has 6 nitrogen and oxygen atoms in total. The van der Waals surface area contributed by atoms with E-state index in [1.807, 2.05) is 19.1 Å². The van der Waals surface area contributed by atoms with Gasteiger partial charge >= 0.3 is 0 Å². The third-order valence-electron chi connectivity index (χ3n) is 3.47. The first-order valence-electron chi connectivity index (χ1n) is 8.54. The van der Waals surface area contributed by atoms with Crippen LogP contribution in [0.1, 0.15) is 18.1 Å². The highest BCUT2D eigenvalue weighted by molar-refractivity contribution is 5.79. The number of pyridine rings is 1. The van der Waals surface area contributed by atoms with E-state index < -0.39 is 0 Å². The molecule has 0 unspecified atom stereocenters. The Hall–Kier alpha value is -2.67. The van der Waals surface area contributed by atoms with Crippen LogP contribution in [-0.2, 0) is 17.8 Å². The minimum Gasteiger partial charge on any atom is -0.475 e. The molecule has 2 N–H and O–H groups in total. The third kappa shape index (κ3) is 7.06. The number of nitrogens with zero attached hydrogens (tertiary/aromatic N) is 2. The summed E-state index contributed by atoms with van der Waals surface area (Å²) in [6.45, 7) is 4.81. The monoisotopic (exact) mass is 360 g/mol. The zero-order chi connectivity index (χ0) is 18.6. The van der Waals surface area contributed by atoms with E-state index in [0.717, 1.165) is 17.7 Å². The molecule has 26 heavy (non-hydrogen) atoms. The van der Waals surface area contributed by atoms with Crippen molar-refractivity contribution in [3.63, 3.8) is 0 Å². The van der Waals surface area contributed by atoms with Crippen LogP contribution in [0.2, 0.25) is 0 Å². The van der Waals surface area contributed by atoms with Crippen molar-refractivity contribution in [1.82, 2.24) is 15.6 Å². The minimum atomic E-state index is -0.239. The van der Waals surface area contributed by atoms with Crippen LogP contribution >= 0.6 is 0 Å². The Kier molecular flexibility index (Phi) is 8.35. The summed E-state index contributed by atoms with van der Waals surface area (Å²) in [5, 5.41) is 6.42. The van der Waals surface area contributed by atoms with Gasteiger partial charge in [-0.1, -0.05) is 18.2 Å². The summed E-state index contributed by atoms with van der Waals surface area (Å²) in [7, 11) is 1.63. The normalized spacial score (nSPS) is 11.3. The van der Waals surface area contributed by atoms with Crippen LogP contribution in [0.15, 0.2) is 47.6 Å². The first-order valence-corrected chi connectivity index (χ1v) is 8.54. The maximum atomic E-state index is 13.0. The molecular formula is C19H25FN4O2. The topological polar surface area (TPSA) is 67.8 Å². The molecule has 0 atom stereocenters. The Morgan fingerprint density at radius 3 is 2.50 bits per heavy atom. The average molecular weight is 360 g/mol. The number of aromatic nitrogens is 1. The van der Waals surface area contributed by atoms with Gasteiger partial charge in [-0.2, -0.15) is 0 Å². The number of aliphatic imine (C=N–C) groups is 1. The number of ether oxygens (including phenoxy) is 2. The van der Waals surface area contributed by atoms with Crippen LogP contribution < -0.4 is 15.4 Å². The number of hydrogen-bond donors (Lipinski definition) is 2. The maximum absolute atomic E-state index is 13.0. The third-order valence-corrected chi connectivity index (χ3v) is 3.47. The van der Waals surface area contributed by atoms with E-state index in [0.29, 0.717) is 38.1 Å². The summed E-state index contributed by atoms with van der Waals surface area (Å²) in [6, 6.07) is 10.1. The quantitative estimate of drug-likeness (QED) is 0.409. The van der Waals surface area contributed by atoms with E-state index >= 15 is 0 Å². The van der Waals surface area contributed by atoms with Crippen LogP contribution in [-0.4, -0.2) is 37.8 Å². The molecule has 1 heterocycles. The Bertz CT molecular complexity index is 675. The van der Waals surface area contributed by atoms with Crippen molar-refractivity contribution in [3.8, 4) is 5.88 Å². The lowest BCUT2D eigenvalue weighted by Gasteiger charge is -2.11. The molecule has 0 spiro atoms. The second kappa shape index (κ2) is 11.0. The number of methoxy groups -OCH3 is 1. The lowest BCUT2D eigenvalue weighted by atomic mass is 10.2. The Labute approximate surface area is 153 Å². The fourth-order valence-corrected chi connectivity index (χ4v) is 2.12. The molecule has 0 saturated heterocycles. The predicted octanol–water partition coefficient (Wildman–Crippen LogP) is 2.50. The Balaban J connectivity index is 1.88. The summed E-state index contributed by atoms with van der Waals surface area (Å²) in [4.78, 5) is 8.79. The SMILES string of the molecule is CCNC(=NCc1ccc(OCCOC)nc1)NCc1ccc(F)cc1. The van der Waals surface area contributed by atoms with Crippen molar-refractivity contribution < 1.29 is 13.9 Å². The number of guanidine groups is 1. The van der Waals surface area contributed by atoms with Gasteiger partial charge in [0.2, 0.25) is 5.88 Å². The van der Waals surface area contributed by atoms with Gasteiger partial charge in [-0.15, -0.1) is 0 Å². The van der Waals surface area contributed by atoms with Crippen LogP contribution in [0.5, 0.6) is 5.88 Å². The zero-order valence-electron chi connectivity index (χ0n) is 15.2. The first-order chi connectivity index (χ1) is 12.7. The summed E-state index contributed by atoms with van der Waals surface area (Å²) in [5.74, 6) is 1.02. The average Bonchev–Trinajstić information content (AvgIpc) is 2.66. The molecule has 0 amide bonds. The standard InChI is InChI=1S/C19H25FN4O2/c1-3-21-19(23-12-15-4-7-17(20)8-5-15)24-14-16-6-9-18(22-13-16)26-11-10-25-2/h4-9,13H,3,10-12,14H2,1-2H3,(H2,21,23,24). The van der Waals surface area contributed by atoms with E-state index in [-0.39, 0.29) is 5.82 Å². The summed E-state index contributed by atoms with van der Waals surface area (Å²) in [5.41, 5.74) is 1.96. The maximum Gasteiger partial charge on any atom is 0.213 e. The van der Waals surface area contributed by atoms with E-state index in [4.69, 9.17) is 9.47 Å². The van der Waals surface area contributed by atoms with E-state index in [1.54, 1.807) is 25.4 Å². The zero-order valence-corrected chi connectivity index (χ0v) is 15.2. The number of rotatable bonds is 9. The number of hydrogen-bond acceptors (Lipinski definition) is 4. The lowest BCUT2D eigenvalue weighted by molar-refractivity contribution is 0.143. The van der Waals surface area contributed by atoms with Gasteiger partial charge in [-0.05, 0) is 30.2 Å². The van der Waals surface area contributed by atoms with Gasteiger partial charge in [-0.3, -0.25) is 0 Å². The molecule has 0 bridgehead atoms. The van der Waals surface area contributed by atoms with E-state index in [9.17, 15) is 4.39 Å². The van der Waals surface area contributed by atoms with Crippen molar-refractivity contribution in [2.24, 2.45) is 4.99 Å². The molecule has 0 fully saturated rings. The van der Waals surface area contributed by atoms with Gasteiger partial charge in [-0.25, -0.2) is 14.4 Å². The summed E-state index contributed by atoms with van der Waals surface area (Å²) >= 11 is 0. The second-order valence-electron chi connectivity index (χ2n) is 5.52. The molecule has 2 aromatic rings. The lowest BCUT2D eigenvalue weighted by Crippen LogP contribution is -2.36. The summed E-state index contributed by atoms with van der Waals surface area (Å²) in [6.07, 6.45) is 1.75. The molecular weight excluding hydrogens is 335 g/mol. The molecule has 0 aliphatic carbocycles.